The van der Waals surface area contributed by atoms with Crippen LogP contribution in [0.4, 0.5) is 5.69 Å². The number of amides is 1. The molecule has 9 heteroatoms. The van der Waals surface area contributed by atoms with Crippen LogP contribution in [0.25, 0.3) is 0 Å². The molecule has 0 radical (unpaired) electrons. The fourth-order valence-corrected chi connectivity index (χ4v) is 7.75. The van der Waals surface area contributed by atoms with Crippen molar-refractivity contribution < 1.29 is 13.2 Å². The Balaban J connectivity index is 1.12. The van der Waals surface area contributed by atoms with E-state index in [2.05, 4.69) is 87.8 Å². The molecule has 0 fully saturated rings. The molecule has 0 saturated carbocycles. The van der Waals surface area contributed by atoms with Crippen molar-refractivity contribution in [2.24, 2.45) is 0 Å². The largest absolute Gasteiger partial charge is 0.352 e. The molecular weight excluding hydrogens is 625 g/mol. The molecule has 6 rings (SSSR count). The van der Waals surface area contributed by atoms with Gasteiger partial charge >= 0.3 is 0 Å². The number of hydrogen-bond donors (Lipinski definition) is 2. The van der Waals surface area contributed by atoms with E-state index in [0.717, 1.165) is 27.9 Å². The second-order valence-electron chi connectivity index (χ2n) is 11.1. The van der Waals surface area contributed by atoms with Gasteiger partial charge in [0, 0.05) is 30.4 Å². The zero-order chi connectivity index (χ0) is 32.7. The zero-order valence-corrected chi connectivity index (χ0v) is 27.4. The molecule has 0 unspecified atom stereocenters. The second-order valence-corrected chi connectivity index (χ2v) is 14.0. The van der Waals surface area contributed by atoms with Crippen LogP contribution in [0.5, 0.6) is 0 Å². The van der Waals surface area contributed by atoms with Crippen molar-refractivity contribution in [3.05, 3.63) is 186 Å². The summed E-state index contributed by atoms with van der Waals surface area (Å²) in [5.74, 6) is -0.247. The number of sulfonamides is 1. The van der Waals surface area contributed by atoms with E-state index in [1.54, 1.807) is 60.5 Å². The Hall–Kier alpha value is -5.12. The van der Waals surface area contributed by atoms with Gasteiger partial charge in [-0.15, -0.1) is 0 Å². The van der Waals surface area contributed by atoms with Crippen LogP contribution in [0.1, 0.15) is 38.3 Å². The predicted molar refractivity (Wildman–Crippen MR) is 189 cm³/mol. The van der Waals surface area contributed by atoms with Crippen LogP contribution in [-0.2, 0) is 21.2 Å². The van der Waals surface area contributed by atoms with Crippen molar-refractivity contribution in [1.82, 2.24) is 14.3 Å². The molecule has 7 nitrogen and oxygen atoms in total. The third-order valence-corrected chi connectivity index (χ3v) is 10.6. The molecule has 0 spiro atoms. The number of aryl methyl sites for hydroxylation is 1. The predicted octanol–water partition coefficient (Wildman–Crippen LogP) is 7.45. The molecular formula is C38H34N4O3S2. The van der Waals surface area contributed by atoms with Crippen molar-refractivity contribution in [3.63, 3.8) is 0 Å². The number of benzene rings is 5. The van der Waals surface area contributed by atoms with Gasteiger partial charge in [-0.3, -0.25) is 13.5 Å². The number of anilines is 1. The van der Waals surface area contributed by atoms with Gasteiger partial charge in [0.15, 0.2) is 0 Å². The minimum atomic E-state index is -3.73. The van der Waals surface area contributed by atoms with Crippen molar-refractivity contribution >= 4 is 33.6 Å². The number of hydrogen-bond acceptors (Lipinski definition) is 5. The number of carbonyl (C=O) groups is 1. The Bertz CT molecular complexity index is 1940. The zero-order valence-electron chi connectivity index (χ0n) is 25.8. The average Bonchev–Trinajstić information content (AvgIpc) is 3.55. The fourth-order valence-electron chi connectivity index (χ4n) is 5.39. The molecule has 2 N–H and O–H groups in total. The number of nitrogens with zero attached hydrogens (tertiary/aromatic N) is 2. The molecule has 5 aromatic carbocycles. The first-order valence-corrected chi connectivity index (χ1v) is 17.5. The highest BCUT2D eigenvalue weighted by molar-refractivity contribution is 7.99. The molecule has 6 aromatic rings. The lowest BCUT2D eigenvalue weighted by Gasteiger charge is -2.35. The maximum Gasteiger partial charge on any atom is 0.261 e. The van der Waals surface area contributed by atoms with Gasteiger partial charge in [-0.25, -0.2) is 13.4 Å². The van der Waals surface area contributed by atoms with Gasteiger partial charge in [-0.1, -0.05) is 109 Å². The maximum atomic E-state index is 12.9. The molecule has 0 aliphatic heterocycles. The molecule has 47 heavy (non-hydrogen) atoms. The minimum Gasteiger partial charge on any atom is -0.352 e. The Kier molecular flexibility index (Phi) is 9.56. The highest BCUT2D eigenvalue weighted by Gasteiger charge is 2.38. The lowest BCUT2D eigenvalue weighted by atomic mass is 9.84. The Morgan fingerprint density at radius 3 is 1.81 bits per heavy atom. The van der Waals surface area contributed by atoms with E-state index in [1.807, 2.05) is 41.6 Å². The minimum absolute atomic E-state index is 0.177. The van der Waals surface area contributed by atoms with E-state index in [1.165, 1.54) is 0 Å². The molecule has 236 valence electrons. The number of aromatic nitrogens is 2. The molecule has 1 heterocycles. The van der Waals surface area contributed by atoms with Crippen LogP contribution in [0.15, 0.2) is 157 Å². The van der Waals surface area contributed by atoms with Crippen LogP contribution in [0.3, 0.4) is 0 Å². The highest BCUT2D eigenvalue weighted by atomic mass is 32.2. The summed E-state index contributed by atoms with van der Waals surface area (Å²) in [7, 11) is -3.73. The van der Waals surface area contributed by atoms with Crippen LogP contribution in [-0.4, -0.2) is 29.8 Å². The van der Waals surface area contributed by atoms with Gasteiger partial charge in [-0.05, 0) is 72.0 Å². The summed E-state index contributed by atoms with van der Waals surface area (Å²) in [4.78, 5) is 17.7. The molecule has 0 atom stereocenters. The average molecular weight is 659 g/mol. The third kappa shape index (κ3) is 7.32. The number of imidazole rings is 1. The fraction of sp³-hybridized carbons (Fsp3) is 0.105. The summed E-state index contributed by atoms with van der Waals surface area (Å²) < 4.78 is 29.5. The normalized spacial score (nSPS) is 11.6. The van der Waals surface area contributed by atoms with Gasteiger partial charge < -0.3 is 5.32 Å². The van der Waals surface area contributed by atoms with Gasteiger partial charge in [0.1, 0.15) is 11.1 Å². The molecule has 0 aliphatic carbocycles. The summed E-state index contributed by atoms with van der Waals surface area (Å²) in [6, 6.07) is 44.4. The number of carbonyl (C=O) groups excluding carboxylic acids is 1. The summed E-state index contributed by atoms with van der Waals surface area (Å²) in [6.07, 6.45) is 4.37. The molecule has 1 aromatic heterocycles. The van der Waals surface area contributed by atoms with Crippen LogP contribution in [0.2, 0.25) is 0 Å². The Morgan fingerprint density at radius 2 is 1.28 bits per heavy atom. The highest BCUT2D eigenvalue weighted by Crippen LogP contribution is 2.48. The van der Waals surface area contributed by atoms with Crippen molar-refractivity contribution in [2.75, 3.05) is 11.3 Å². The summed E-state index contributed by atoms with van der Waals surface area (Å²) in [6.45, 7) is 2.29. The number of nitrogens with one attached hydrogen (secondary N) is 2. The van der Waals surface area contributed by atoms with Gasteiger partial charge in [0.05, 0.1) is 10.6 Å². The maximum absolute atomic E-state index is 12.9. The van der Waals surface area contributed by atoms with E-state index in [-0.39, 0.29) is 10.8 Å². The SMILES string of the molecule is Cc1ccc(S(=O)(=O)Nc2ccc(C(=O)NCCc3cn(SC(c4ccccc4)(c4ccccc4)c4ccccc4)cn3)cc2)cc1. The smallest absolute Gasteiger partial charge is 0.261 e. The lowest BCUT2D eigenvalue weighted by molar-refractivity contribution is 0.0954. The van der Waals surface area contributed by atoms with E-state index in [0.29, 0.717) is 24.2 Å². The summed E-state index contributed by atoms with van der Waals surface area (Å²) in [5, 5.41) is 2.95. The summed E-state index contributed by atoms with van der Waals surface area (Å²) >= 11 is 1.68. The summed E-state index contributed by atoms with van der Waals surface area (Å²) in [5.41, 5.74) is 6.09. The van der Waals surface area contributed by atoms with Gasteiger partial charge in [0.25, 0.3) is 15.9 Å². The first kappa shape index (κ1) is 31.8. The van der Waals surface area contributed by atoms with E-state index >= 15 is 0 Å². The second kappa shape index (κ2) is 14.1. The molecule has 0 saturated heterocycles. The van der Waals surface area contributed by atoms with E-state index < -0.39 is 14.8 Å². The first-order valence-electron chi connectivity index (χ1n) is 15.2. The van der Waals surface area contributed by atoms with Crippen molar-refractivity contribution in [1.29, 1.82) is 0 Å². The van der Waals surface area contributed by atoms with Crippen molar-refractivity contribution in [3.8, 4) is 0 Å². The van der Waals surface area contributed by atoms with Crippen LogP contribution < -0.4 is 10.0 Å². The van der Waals surface area contributed by atoms with E-state index in [9.17, 15) is 13.2 Å². The van der Waals surface area contributed by atoms with Gasteiger partial charge in [-0.2, -0.15) is 0 Å². The van der Waals surface area contributed by atoms with Crippen LogP contribution >= 0.6 is 11.9 Å². The Labute approximate surface area is 279 Å². The molecule has 1 amide bonds. The first-order chi connectivity index (χ1) is 22.8. The van der Waals surface area contributed by atoms with Crippen LogP contribution in [0, 0.1) is 6.92 Å². The molecule has 0 bridgehead atoms. The van der Waals surface area contributed by atoms with E-state index in [4.69, 9.17) is 0 Å². The topological polar surface area (TPSA) is 93.1 Å². The van der Waals surface area contributed by atoms with Gasteiger partial charge in [0.2, 0.25) is 0 Å². The quantitative estimate of drug-likeness (QED) is 0.133. The monoisotopic (exact) mass is 658 g/mol. The lowest BCUT2D eigenvalue weighted by Crippen LogP contribution is -2.27. The third-order valence-electron chi connectivity index (χ3n) is 7.79. The Morgan fingerprint density at radius 1 is 0.745 bits per heavy atom. The van der Waals surface area contributed by atoms with Crippen molar-refractivity contribution in [2.45, 2.75) is 23.0 Å². The number of rotatable bonds is 12. The standard InChI is InChI=1S/C38H34N4O3S2/c1-29-17-23-36(24-18-29)47(44,45)41-34-21-19-30(20-22-34)37(43)39-26-25-35-27-42(28-40-35)46-38(31-11-5-2-6-12-31,32-13-7-3-8-14-32)33-15-9-4-10-16-33/h2-24,27-28,41H,25-26H2,1H3,(H,39,43). The molecule has 0 aliphatic rings.